The summed E-state index contributed by atoms with van der Waals surface area (Å²) < 4.78 is 16.7. The van der Waals surface area contributed by atoms with Gasteiger partial charge in [-0.25, -0.2) is 0 Å². The van der Waals surface area contributed by atoms with Gasteiger partial charge in [-0.2, -0.15) is 0 Å². The van der Waals surface area contributed by atoms with Gasteiger partial charge in [-0.3, -0.25) is 14.4 Å². The summed E-state index contributed by atoms with van der Waals surface area (Å²) in [7, 11) is 0. The number of unbranched alkanes of at least 4 members (excludes halogenated alkanes) is 27. The van der Waals surface area contributed by atoms with Crippen molar-refractivity contribution < 1.29 is 28.6 Å². The highest BCUT2D eigenvalue weighted by Gasteiger charge is 2.19. The summed E-state index contributed by atoms with van der Waals surface area (Å²) in [4.78, 5) is 37.8. The molecule has 0 aliphatic rings. The van der Waals surface area contributed by atoms with E-state index in [0.29, 0.717) is 19.3 Å². The SMILES string of the molecule is CC\C=C/C=C\C=C/CCCCCCCCCC(=O)OC(COC(=O)CCCCCCC/C=C\CCCCCCCCC)COC(=O)CCCCCCCCCCC. The summed E-state index contributed by atoms with van der Waals surface area (Å²) >= 11 is 0. The molecule has 0 radical (unpaired) electrons. The minimum Gasteiger partial charge on any atom is -0.462 e. The molecule has 0 saturated carbocycles. The molecule has 0 aliphatic heterocycles. The topological polar surface area (TPSA) is 78.9 Å². The second-order valence-corrected chi connectivity index (χ2v) is 16.4. The fourth-order valence-corrected chi connectivity index (χ4v) is 6.91. The third-order valence-electron chi connectivity index (χ3n) is 10.6. The zero-order chi connectivity index (χ0) is 42.3. The molecular weight excluding hydrogens is 721 g/mol. The Morgan fingerprint density at radius 3 is 1.09 bits per heavy atom. The van der Waals surface area contributed by atoms with Crippen molar-refractivity contribution in [1.29, 1.82) is 0 Å². The largest absolute Gasteiger partial charge is 0.462 e. The molecule has 0 fully saturated rings. The normalized spacial score (nSPS) is 12.4. The fraction of sp³-hybridized carbons (Fsp3) is 0.788. The predicted octanol–water partition coefficient (Wildman–Crippen LogP) is 15.9. The van der Waals surface area contributed by atoms with E-state index < -0.39 is 6.10 Å². The van der Waals surface area contributed by atoms with Crippen molar-refractivity contribution in [2.24, 2.45) is 0 Å². The van der Waals surface area contributed by atoms with Crippen molar-refractivity contribution in [3.8, 4) is 0 Å². The first-order valence-corrected chi connectivity index (χ1v) is 24.7. The van der Waals surface area contributed by atoms with Gasteiger partial charge in [-0.15, -0.1) is 0 Å². The Morgan fingerprint density at radius 1 is 0.362 bits per heavy atom. The maximum absolute atomic E-state index is 12.7. The molecule has 0 aromatic heterocycles. The molecule has 0 rings (SSSR count). The first-order valence-electron chi connectivity index (χ1n) is 24.7. The van der Waals surface area contributed by atoms with Crippen molar-refractivity contribution >= 4 is 17.9 Å². The van der Waals surface area contributed by atoms with E-state index in [1.165, 1.54) is 128 Å². The summed E-state index contributed by atoms with van der Waals surface area (Å²) in [6.45, 7) is 6.47. The van der Waals surface area contributed by atoms with Crippen LogP contribution in [-0.4, -0.2) is 37.2 Å². The zero-order valence-corrected chi connectivity index (χ0v) is 38.3. The van der Waals surface area contributed by atoms with E-state index in [4.69, 9.17) is 14.2 Å². The number of carbonyl (C=O) groups is 3. The molecule has 6 nitrogen and oxygen atoms in total. The second-order valence-electron chi connectivity index (χ2n) is 16.4. The Balaban J connectivity index is 4.35. The summed E-state index contributed by atoms with van der Waals surface area (Å²) in [5, 5.41) is 0. The van der Waals surface area contributed by atoms with Gasteiger partial charge in [0.25, 0.3) is 0 Å². The number of hydrogen-bond acceptors (Lipinski definition) is 6. The number of ether oxygens (including phenoxy) is 3. The van der Waals surface area contributed by atoms with E-state index in [1.54, 1.807) is 0 Å². The molecule has 0 bridgehead atoms. The van der Waals surface area contributed by atoms with Crippen LogP contribution in [0.2, 0.25) is 0 Å². The average Bonchev–Trinajstić information content (AvgIpc) is 3.22. The van der Waals surface area contributed by atoms with Crippen LogP contribution in [0.15, 0.2) is 48.6 Å². The highest BCUT2D eigenvalue weighted by molar-refractivity contribution is 5.71. The molecule has 0 aromatic rings. The molecule has 58 heavy (non-hydrogen) atoms. The molecule has 0 amide bonds. The monoisotopic (exact) mass is 813 g/mol. The lowest BCUT2D eigenvalue weighted by Crippen LogP contribution is -2.30. The molecule has 0 spiro atoms. The van der Waals surface area contributed by atoms with Gasteiger partial charge in [0.1, 0.15) is 13.2 Å². The molecule has 6 heteroatoms. The van der Waals surface area contributed by atoms with Crippen LogP contribution in [0.4, 0.5) is 0 Å². The lowest BCUT2D eigenvalue weighted by Gasteiger charge is -2.18. The van der Waals surface area contributed by atoms with Gasteiger partial charge in [-0.1, -0.05) is 211 Å². The molecule has 0 aromatic carbocycles. The highest BCUT2D eigenvalue weighted by Crippen LogP contribution is 2.14. The highest BCUT2D eigenvalue weighted by atomic mass is 16.6. The van der Waals surface area contributed by atoms with E-state index in [9.17, 15) is 14.4 Å². The first kappa shape index (κ1) is 55.4. The van der Waals surface area contributed by atoms with Gasteiger partial charge < -0.3 is 14.2 Å². The van der Waals surface area contributed by atoms with Crippen LogP contribution < -0.4 is 0 Å². The van der Waals surface area contributed by atoms with E-state index in [0.717, 1.165) is 77.0 Å². The van der Waals surface area contributed by atoms with Crippen molar-refractivity contribution in [3.05, 3.63) is 48.6 Å². The first-order chi connectivity index (χ1) is 28.5. The van der Waals surface area contributed by atoms with E-state index in [1.807, 2.05) is 0 Å². The summed E-state index contributed by atoms with van der Waals surface area (Å²) in [5.41, 5.74) is 0. The third-order valence-corrected chi connectivity index (χ3v) is 10.6. The molecular formula is C52H92O6. The Morgan fingerprint density at radius 2 is 0.690 bits per heavy atom. The number of hydrogen-bond donors (Lipinski definition) is 0. The smallest absolute Gasteiger partial charge is 0.306 e. The Bertz CT molecular complexity index is 1030. The standard InChI is InChI=1S/C52H92O6/c1-4-7-10-13-16-19-21-23-25-27-28-30-33-36-39-42-45-51(54)57-48-49(47-56-50(53)44-41-38-35-32-18-15-12-9-6-3)58-52(55)46-43-40-37-34-31-29-26-24-22-20-17-14-11-8-5-2/h8,11,14,17,20,22,25,27,49H,4-7,9-10,12-13,15-16,18-19,21,23-24,26,28-48H2,1-3H3/b11-8-,17-14-,22-20-,27-25-. The Kier molecular flexibility index (Phi) is 44.9. The average molecular weight is 813 g/mol. The number of carbonyl (C=O) groups excluding carboxylic acids is 3. The molecule has 0 aliphatic carbocycles. The van der Waals surface area contributed by atoms with Crippen LogP contribution in [0, 0.1) is 0 Å². The lowest BCUT2D eigenvalue weighted by molar-refractivity contribution is -0.167. The van der Waals surface area contributed by atoms with Crippen molar-refractivity contribution in [1.82, 2.24) is 0 Å². The van der Waals surface area contributed by atoms with Crippen molar-refractivity contribution in [2.75, 3.05) is 13.2 Å². The van der Waals surface area contributed by atoms with Crippen LogP contribution in [0.1, 0.15) is 245 Å². The maximum atomic E-state index is 12.7. The van der Waals surface area contributed by atoms with Crippen molar-refractivity contribution in [3.63, 3.8) is 0 Å². The van der Waals surface area contributed by atoms with Gasteiger partial charge in [0.2, 0.25) is 0 Å². The summed E-state index contributed by atoms with van der Waals surface area (Å²) in [6.07, 6.45) is 55.2. The van der Waals surface area contributed by atoms with Gasteiger partial charge >= 0.3 is 17.9 Å². The van der Waals surface area contributed by atoms with Crippen LogP contribution in [0.25, 0.3) is 0 Å². The Labute approximate surface area is 358 Å². The number of rotatable bonds is 44. The summed E-state index contributed by atoms with van der Waals surface area (Å²) in [5.74, 6) is -0.899. The minimum absolute atomic E-state index is 0.0792. The van der Waals surface area contributed by atoms with Gasteiger partial charge in [0, 0.05) is 19.3 Å². The van der Waals surface area contributed by atoms with Crippen LogP contribution in [0.5, 0.6) is 0 Å². The molecule has 336 valence electrons. The third kappa shape index (κ3) is 44.5. The maximum Gasteiger partial charge on any atom is 0.306 e. The zero-order valence-electron chi connectivity index (χ0n) is 38.3. The Hall–Kier alpha value is -2.63. The lowest BCUT2D eigenvalue weighted by atomic mass is 10.1. The second kappa shape index (κ2) is 47.1. The molecule has 1 atom stereocenters. The molecule has 0 N–H and O–H groups in total. The van der Waals surface area contributed by atoms with E-state index >= 15 is 0 Å². The van der Waals surface area contributed by atoms with Gasteiger partial charge in [0.15, 0.2) is 6.10 Å². The van der Waals surface area contributed by atoms with E-state index in [-0.39, 0.29) is 31.1 Å². The molecule has 1 unspecified atom stereocenters. The quantitative estimate of drug-likeness (QED) is 0.0200. The van der Waals surface area contributed by atoms with Crippen LogP contribution >= 0.6 is 0 Å². The number of allylic oxidation sites excluding steroid dienone is 8. The van der Waals surface area contributed by atoms with Crippen LogP contribution in [-0.2, 0) is 28.6 Å². The fourth-order valence-electron chi connectivity index (χ4n) is 6.91. The van der Waals surface area contributed by atoms with Crippen molar-refractivity contribution in [2.45, 2.75) is 252 Å². The van der Waals surface area contributed by atoms with Gasteiger partial charge in [0.05, 0.1) is 0 Å². The minimum atomic E-state index is -0.778. The van der Waals surface area contributed by atoms with Crippen LogP contribution in [0.3, 0.4) is 0 Å². The molecule has 0 saturated heterocycles. The predicted molar refractivity (Wildman–Crippen MR) is 247 cm³/mol. The summed E-state index contributed by atoms with van der Waals surface area (Å²) in [6, 6.07) is 0. The molecule has 0 heterocycles. The van der Waals surface area contributed by atoms with E-state index in [2.05, 4.69) is 69.4 Å². The van der Waals surface area contributed by atoms with Gasteiger partial charge in [-0.05, 0) is 64.2 Å². The number of esters is 3.